The molecule has 0 saturated carbocycles. The first-order valence-electron chi connectivity index (χ1n) is 6.13. The van der Waals surface area contributed by atoms with E-state index in [0.29, 0.717) is 12.2 Å². The Bertz CT molecular complexity index is 457. The molecular formula is C13H20N4O. The van der Waals surface area contributed by atoms with Crippen LogP contribution in [0, 0.1) is 11.3 Å². The summed E-state index contributed by atoms with van der Waals surface area (Å²) in [7, 11) is 0. The molecule has 5 nitrogen and oxygen atoms in total. The van der Waals surface area contributed by atoms with Crippen LogP contribution in [0.4, 0.5) is 0 Å². The predicted molar refractivity (Wildman–Crippen MR) is 69.3 cm³/mol. The third-order valence-electron chi connectivity index (χ3n) is 2.51. The van der Waals surface area contributed by atoms with Crippen LogP contribution in [0.15, 0.2) is 0 Å². The summed E-state index contributed by atoms with van der Waals surface area (Å²) in [5, 5.41) is 17.3. The Kier molecular flexibility index (Phi) is 4.62. The number of hydrogen-bond acceptors (Lipinski definition) is 5. The lowest BCUT2D eigenvalue weighted by Crippen LogP contribution is -2.39. The lowest BCUT2D eigenvalue weighted by atomic mass is 10.0. The largest absolute Gasteiger partial charge is 0.474 e. The molecule has 98 valence electrons. The van der Waals surface area contributed by atoms with E-state index < -0.39 is 5.54 Å². The molecule has 0 aliphatic carbocycles. The van der Waals surface area contributed by atoms with Gasteiger partial charge in [-0.05, 0) is 32.3 Å². The zero-order chi connectivity index (χ0) is 13.8. The molecular weight excluding hydrogens is 228 g/mol. The molecule has 0 saturated heterocycles. The normalized spacial score (nSPS) is 11.1. The van der Waals surface area contributed by atoms with Crippen molar-refractivity contribution in [1.82, 2.24) is 10.2 Å². The second-order valence-corrected chi connectivity index (χ2v) is 4.90. The summed E-state index contributed by atoms with van der Waals surface area (Å²) in [6.07, 6.45) is 1.50. The second-order valence-electron chi connectivity index (χ2n) is 4.90. The van der Waals surface area contributed by atoms with Crippen LogP contribution in [0.5, 0.6) is 5.88 Å². The molecule has 18 heavy (non-hydrogen) atoms. The van der Waals surface area contributed by atoms with Crippen molar-refractivity contribution in [2.45, 2.75) is 46.1 Å². The van der Waals surface area contributed by atoms with E-state index in [1.54, 1.807) is 0 Å². The van der Waals surface area contributed by atoms with Crippen molar-refractivity contribution >= 4 is 0 Å². The van der Waals surface area contributed by atoms with Crippen molar-refractivity contribution < 1.29 is 4.74 Å². The monoisotopic (exact) mass is 248 g/mol. The fraction of sp³-hybridized carbons (Fsp3) is 0.615. The summed E-state index contributed by atoms with van der Waals surface area (Å²) in [5.41, 5.74) is 7.63. The highest BCUT2D eigenvalue weighted by molar-refractivity contribution is 5.46. The summed E-state index contributed by atoms with van der Waals surface area (Å²) in [4.78, 5) is 0. The molecule has 1 rings (SSSR count). The molecule has 0 atom stereocenters. The van der Waals surface area contributed by atoms with Crippen LogP contribution in [0.3, 0.4) is 0 Å². The first-order chi connectivity index (χ1) is 8.42. The highest BCUT2D eigenvalue weighted by Gasteiger charge is 2.18. The maximum Gasteiger partial charge on any atom is 0.251 e. The van der Waals surface area contributed by atoms with E-state index in [1.165, 1.54) is 0 Å². The van der Waals surface area contributed by atoms with E-state index in [0.717, 1.165) is 24.1 Å². The Hall–Kier alpha value is -1.67. The molecule has 0 aliphatic heterocycles. The predicted octanol–water partition coefficient (Wildman–Crippen LogP) is 1.59. The zero-order valence-electron chi connectivity index (χ0n) is 11.4. The Balaban J connectivity index is 3.10. The third-order valence-corrected chi connectivity index (χ3v) is 2.51. The quantitative estimate of drug-likeness (QED) is 0.855. The average molecular weight is 248 g/mol. The van der Waals surface area contributed by atoms with Crippen LogP contribution in [0.25, 0.3) is 0 Å². The lowest BCUT2D eigenvalue weighted by molar-refractivity contribution is 0.232. The van der Waals surface area contributed by atoms with Crippen molar-refractivity contribution in [3.05, 3.63) is 16.8 Å². The van der Waals surface area contributed by atoms with Crippen LogP contribution >= 0.6 is 0 Å². The van der Waals surface area contributed by atoms with E-state index >= 15 is 0 Å². The van der Waals surface area contributed by atoms with Crippen molar-refractivity contribution in [3.8, 4) is 11.9 Å². The van der Waals surface area contributed by atoms with Gasteiger partial charge in [0, 0.05) is 5.54 Å². The SMILES string of the molecule is CCc1nnc(OCC(C)(C)N)c(C#N)c1CC. The van der Waals surface area contributed by atoms with Gasteiger partial charge in [-0.15, -0.1) is 5.10 Å². The smallest absolute Gasteiger partial charge is 0.251 e. The summed E-state index contributed by atoms with van der Waals surface area (Å²) in [6.45, 7) is 7.99. The van der Waals surface area contributed by atoms with Gasteiger partial charge in [-0.1, -0.05) is 13.8 Å². The Morgan fingerprint density at radius 3 is 2.39 bits per heavy atom. The number of aryl methyl sites for hydroxylation is 1. The van der Waals surface area contributed by atoms with Gasteiger partial charge in [0.25, 0.3) is 5.88 Å². The van der Waals surface area contributed by atoms with Crippen molar-refractivity contribution in [1.29, 1.82) is 5.26 Å². The third kappa shape index (κ3) is 3.41. The van der Waals surface area contributed by atoms with E-state index in [2.05, 4.69) is 16.3 Å². The van der Waals surface area contributed by atoms with Gasteiger partial charge in [0.1, 0.15) is 18.2 Å². The summed E-state index contributed by atoms with van der Waals surface area (Å²) < 4.78 is 5.51. The molecule has 0 unspecified atom stereocenters. The maximum atomic E-state index is 9.25. The van der Waals surface area contributed by atoms with Gasteiger partial charge in [0.2, 0.25) is 0 Å². The van der Waals surface area contributed by atoms with Gasteiger partial charge in [-0.25, -0.2) is 0 Å². The minimum atomic E-state index is -0.468. The van der Waals surface area contributed by atoms with Gasteiger partial charge in [-0.2, -0.15) is 10.4 Å². The van der Waals surface area contributed by atoms with E-state index in [4.69, 9.17) is 10.5 Å². The zero-order valence-corrected chi connectivity index (χ0v) is 11.4. The molecule has 0 aliphatic rings. The molecule has 0 aromatic carbocycles. The van der Waals surface area contributed by atoms with Crippen LogP contribution in [-0.2, 0) is 12.8 Å². The molecule has 0 radical (unpaired) electrons. The molecule has 0 fully saturated rings. The lowest BCUT2D eigenvalue weighted by Gasteiger charge is -2.19. The highest BCUT2D eigenvalue weighted by Crippen LogP contribution is 2.22. The van der Waals surface area contributed by atoms with Crippen molar-refractivity contribution in [2.75, 3.05) is 6.61 Å². The Morgan fingerprint density at radius 2 is 1.94 bits per heavy atom. The number of rotatable bonds is 5. The minimum Gasteiger partial charge on any atom is -0.474 e. The van der Waals surface area contributed by atoms with Crippen molar-refractivity contribution in [3.63, 3.8) is 0 Å². The molecule has 0 bridgehead atoms. The Labute approximate surface area is 108 Å². The van der Waals surface area contributed by atoms with E-state index in [1.807, 2.05) is 27.7 Å². The summed E-state index contributed by atoms with van der Waals surface area (Å²) >= 11 is 0. The average Bonchev–Trinajstić information content (AvgIpc) is 2.33. The number of nitriles is 1. The van der Waals surface area contributed by atoms with Gasteiger partial charge < -0.3 is 10.5 Å². The van der Waals surface area contributed by atoms with Crippen molar-refractivity contribution in [2.24, 2.45) is 5.73 Å². The number of hydrogen-bond donors (Lipinski definition) is 1. The van der Waals surface area contributed by atoms with Crippen LogP contribution < -0.4 is 10.5 Å². The number of ether oxygens (including phenoxy) is 1. The van der Waals surface area contributed by atoms with Crippen LogP contribution in [-0.4, -0.2) is 22.3 Å². The van der Waals surface area contributed by atoms with Gasteiger partial charge >= 0.3 is 0 Å². The van der Waals surface area contributed by atoms with E-state index in [-0.39, 0.29) is 5.88 Å². The summed E-state index contributed by atoms with van der Waals surface area (Å²) in [6, 6.07) is 2.16. The highest BCUT2D eigenvalue weighted by atomic mass is 16.5. The first kappa shape index (κ1) is 14.4. The summed E-state index contributed by atoms with van der Waals surface area (Å²) in [5.74, 6) is 0.282. The molecule has 0 spiro atoms. The molecule has 5 heteroatoms. The fourth-order valence-electron chi connectivity index (χ4n) is 1.63. The van der Waals surface area contributed by atoms with E-state index in [9.17, 15) is 5.26 Å². The molecule has 2 N–H and O–H groups in total. The van der Waals surface area contributed by atoms with Gasteiger partial charge in [0.15, 0.2) is 0 Å². The molecule has 1 heterocycles. The molecule has 1 aromatic rings. The standard InChI is InChI=1S/C13H20N4O/c1-5-9-10(7-14)12(17-16-11(9)6-2)18-8-13(3,4)15/h5-6,8,15H2,1-4H3. The second kappa shape index (κ2) is 5.78. The maximum absolute atomic E-state index is 9.25. The van der Waals surface area contributed by atoms with Crippen LogP contribution in [0.2, 0.25) is 0 Å². The Morgan fingerprint density at radius 1 is 1.28 bits per heavy atom. The first-order valence-corrected chi connectivity index (χ1v) is 6.13. The van der Waals surface area contributed by atoms with Gasteiger partial charge in [-0.3, -0.25) is 0 Å². The molecule has 1 aromatic heterocycles. The van der Waals surface area contributed by atoms with Crippen LogP contribution in [0.1, 0.15) is 44.5 Å². The number of aromatic nitrogens is 2. The topological polar surface area (TPSA) is 84.8 Å². The minimum absolute atomic E-state index is 0.282. The fourth-order valence-corrected chi connectivity index (χ4v) is 1.63. The molecule has 0 amide bonds. The van der Waals surface area contributed by atoms with Gasteiger partial charge in [0.05, 0.1) is 5.69 Å². The number of nitrogens with zero attached hydrogens (tertiary/aromatic N) is 3. The number of nitrogens with two attached hydrogens (primary N) is 1.